The van der Waals surface area contributed by atoms with Crippen LogP contribution in [0, 0.1) is 11.7 Å². The van der Waals surface area contributed by atoms with Crippen molar-refractivity contribution in [2.75, 3.05) is 11.3 Å². The summed E-state index contributed by atoms with van der Waals surface area (Å²) >= 11 is 0. The zero-order chi connectivity index (χ0) is 18.1. The Morgan fingerprint density at radius 3 is 2.38 bits per heavy atom. The van der Waals surface area contributed by atoms with E-state index in [0.717, 1.165) is 31.0 Å². The van der Waals surface area contributed by atoms with Crippen LogP contribution >= 0.6 is 0 Å². The highest BCUT2D eigenvalue weighted by Crippen LogP contribution is 2.31. The Kier molecular flexibility index (Phi) is 5.53. The number of anilines is 1. The monoisotopic (exact) mass is 379 g/mol. The molecule has 1 aliphatic carbocycles. The predicted molar refractivity (Wildman–Crippen MR) is 90.0 cm³/mol. The molecule has 2 rings (SSSR count). The van der Waals surface area contributed by atoms with Crippen LogP contribution in [0.15, 0.2) is 23.1 Å². The van der Waals surface area contributed by atoms with E-state index in [1.54, 1.807) is 0 Å². The standard InChI is InChI=1S/C14H22FN3O4S2/c1-9(2)23(19,20)18-14-6-5-11(7-12(14)15)24(21,22)17-8-13(16)10-3-4-10/h5-7,9-10,13,17-18H,3-4,8,16H2,1-2H3. The molecule has 0 saturated heterocycles. The number of rotatable bonds is 8. The SMILES string of the molecule is CC(C)S(=O)(=O)Nc1ccc(S(=O)(=O)NCC(N)C2CC2)cc1F. The Hall–Kier alpha value is -1.23. The highest BCUT2D eigenvalue weighted by molar-refractivity contribution is 7.93. The molecule has 0 radical (unpaired) electrons. The second-order valence-corrected chi connectivity index (χ2v) is 10.2. The van der Waals surface area contributed by atoms with Crippen LogP contribution in [0.5, 0.6) is 0 Å². The van der Waals surface area contributed by atoms with Crippen LogP contribution in [0.2, 0.25) is 0 Å². The van der Waals surface area contributed by atoms with E-state index in [-0.39, 0.29) is 23.2 Å². The molecule has 0 aliphatic heterocycles. The van der Waals surface area contributed by atoms with Gasteiger partial charge in [-0.3, -0.25) is 4.72 Å². The second-order valence-electron chi connectivity index (χ2n) is 6.19. The lowest BCUT2D eigenvalue weighted by Crippen LogP contribution is -2.38. The average molecular weight is 379 g/mol. The van der Waals surface area contributed by atoms with Crippen LogP contribution in [0.1, 0.15) is 26.7 Å². The highest BCUT2D eigenvalue weighted by atomic mass is 32.2. The van der Waals surface area contributed by atoms with Crippen molar-refractivity contribution in [3.8, 4) is 0 Å². The summed E-state index contributed by atoms with van der Waals surface area (Å²) in [5, 5.41) is -0.745. The fourth-order valence-electron chi connectivity index (χ4n) is 2.00. The third-order valence-electron chi connectivity index (χ3n) is 3.86. The summed E-state index contributed by atoms with van der Waals surface area (Å²) in [4.78, 5) is -0.282. The first kappa shape index (κ1) is 19.1. The van der Waals surface area contributed by atoms with Crippen LogP contribution in [-0.4, -0.2) is 34.7 Å². The molecule has 7 nitrogen and oxygen atoms in total. The van der Waals surface area contributed by atoms with E-state index < -0.39 is 31.1 Å². The van der Waals surface area contributed by atoms with Gasteiger partial charge in [-0.15, -0.1) is 0 Å². The number of hydrogen-bond acceptors (Lipinski definition) is 5. The van der Waals surface area contributed by atoms with Crippen molar-refractivity contribution in [3.63, 3.8) is 0 Å². The van der Waals surface area contributed by atoms with E-state index >= 15 is 0 Å². The molecule has 1 aromatic carbocycles. The Balaban J connectivity index is 2.12. The molecule has 0 amide bonds. The number of sulfonamides is 2. The van der Waals surface area contributed by atoms with Crippen molar-refractivity contribution < 1.29 is 21.2 Å². The fourth-order valence-corrected chi connectivity index (χ4v) is 3.79. The molecule has 1 aromatic rings. The zero-order valence-corrected chi connectivity index (χ0v) is 15.1. The summed E-state index contributed by atoms with van der Waals surface area (Å²) < 4.78 is 66.4. The van der Waals surface area contributed by atoms with E-state index in [9.17, 15) is 21.2 Å². The Morgan fingerprint density at radius 1 is 1.25 bits per heavy atom. The maximum absolute atomic E-state index is 14.1. The van der Waals surface area contributed by atoms with E-state index in [0.29, 0.717) is 5.92 Å². The third-order valence-corrected chi connectivity index (χ3v) is 7.03. The van der Waals surface area contributed by atoms with Gasteiger partial charge in [-0.05, 0) is 50.8 Å². The summed E-state index contributed by atoms with van der Waals surface area (Å²) in [7, 11) is -7.63. The first-order valence-corrected chi connectivity index (χ1v) is 10.6. The molecule has 10 heteroatoms. The number of halogens is 1. The lowest BCUT2D eigenvalue weighted by atomic mass is 10.2. The third kappa shape index (κ3) is 4.65. The molecule has 0 aromatic heterocycles. The summed E-state index contributed by atoms with van der Waals surface area (Å²) in [6.45, 7) is 2.98. The lowest BCUT2D eigenvalue weighted by molar-refractivity contribution is 0.546. The van der Waals surface area contributed by atoms with Crippen LogP contribution in [-0.2, 0) is 20.0 Å². The van der Waals surface area contributed by atoms with Crippen molar-refractivity contribution in [2.45, 2.75) is 42.9 Å². The van der Waals surface area contributed by atoms with Crippen molar-refractivity contribution in [2.24, 2.45) is 11.7 Å². The van der Waals surface area contributed by atoms with Crippen LogP contribution < -0.4 is 15.2 Å². The van der Waals surface area contributed by atoms with Gasteiger partial charge in [0.15, 0.2) is 0 Å². The van der Waals surface area contributed by atoms with Gasteiger partial charge in [0.2, 0.25) is 20.0 Å². The van der Waals surface area contributed by atoms with Gasteiger partial charge in [-0.25, -0.2) is 25.9 Å². The summed E-state index contributed by atoms with van der Waals surface area (Å²) in [6.07, 6.45) is 1.98. The first-order chi connectivity index (χ1) is 11.0. The normalized spacial score (nSPS) is 17.0. The van der Waals surface area contributed by atoms with Crippen LogP contribution in [0.3, 0.4) is 0 Å². The smallest absolute Gasteiger partial charge is 0.240 e. The molecule has 136 valence electrons. The summed E-state index contributed by atoms with van der Waals surface area (Å²) in [6, 6.07) is 2.75. The van der Waals surface area contributed by atoms with Gasteiger partial charge in [-0.2, -0.15) is 0 Å². The van der Waals surface area contributed by atoms with Crippen molar-refractivity contribution in [1.82, 2.24) is 4.72 Å². The molecule has 0 heterocycles. The minimum Gasteiger partial charge on any atom is -0.326 e. The van der Waals surface area contributed by atoms with Gasteiger partial charge in [0.05, 0.1) is 15.8 Å². The van der Waals surface area contributed by atoms with Gasteiger partial charge in [0, 0.05) is 12.6 Å². The Labute approximate surface area is 141 Å². The van der Waals surface area contributed by atoms with E-state index in [1.165, 1.54) is 13.8 Å². The van der Waals surface area contributed by atoms with E-state index in [2.05, 4.69) is 9.44 Å². The molecule has 1 unspecified atom stereocenters. The number of benzene rings is 1. The van der Waals surface area contributed by atoms with Gasteiger partial charge >= 0.3 is 0 Å². The van der Waals surface area contributed by atoms with Gasteiger partial charge < -0.3 is 5.73 Å². The Morgan fingerprint density at radius 2 is 1.88 bits per heavy atom. The highest BCUT2D eigenvalue weighted by Gasteiger charge is 2.29. The van der Waals surface area contributed by atoms with E-state index in [1.807, 2.05) is 0 Å². The summed E-state index contributed by atoms with van der Waals surface area (Å²) in [5.74, 6) is -0.633. The molecule has 1 fully saturated rings. The zero-order valence-electron chi connectivity index (χ0n) is 13.5. The molecule has 0 spiro atoms. The quantitative estimate of drug-likeness (QED) is 0.622. The molecule has 4 N–H and O–H groups in total. The number of nitrogens with one attached hydrogen (secondary N) is 2. The minimum absolute atomic E-state index is 0.0797. The minimum atomic E-state index is -3.91. The van der Waals surface area contributed by atoms with Gasteiger partial charge in [0.25, 0.3) is 0 Å². The molecule has 1 aliphatic rings. The average Bonchev–Trinajstić information content (AvgIpc) is 3.31. The van der Waals surface area contributed by atoms with E-state index in [4.69, 9.17) is 5.73 Å². The van der Waals surface area contributed by atoms with Gasteiger partial charge in [-0.1, -0.05) is 0 Å². The van der Waals surface area contributed by atoms with Crippen molar-refractivity contribution >= 4 is 25.7 Å². The predicted octanol–water partition coefficient (Wildman–Crippen LogP) is 0.991. The molecule has 24 heavy (non-hydrogen) atoms. The molecular weight excluding hydrogens is 357 g/mol. The molecular formula is C14H22FN3O4S2. The number of hydrogen-bond donors (Lipinski definition) is 3. The maximum atomic E-state index is 14.1. The largest absolute Gasteiger partial charge is 0.326 e. The Bertz CT molecular complexity index is 805. The van der Waals surface area contributed by atoms with Crippen molar-refractivity contribution in [1.29, 1.82) is 0 Å². The van der Waals surface area contributed by atoms with Crippen LogP contribution in [0.25, 0.3) is 0 Å². The summed E-state index contributed by atoms with van der Waals surface area (Å²) in [5.41, 5.74) is 5.54. The maximum Gasteiger partial charge on any atom is 0.240 e. The van der Waals surface area contributed by atoms with Gasteiger partial charge in [0.1, 0.15) is 5.82 Å². The van der Waals surface area contributed by atoms with Crippen molar-refractivity contribution in [3.05, 3.63) is 24.0 Å². The molecule has 0 bridgehead atoms. The lowest BCUT2D eigenvalue weighted by Gasteiger charge is -2.14. The molecule has 1 atom stereocenters. The van der Waals surface area contributed by atoms with Crippen LogP contribution in [0.4, 0.5) is 10.1 Å². The molecule has 1 saturated carbocycles. The number of nitrogens with two attached hydrogens (primary N) is 1. The first-order valence-electron chi connectivity index (χ1n) is 7.59. The second kappa shape index (κ2) is 6.95. The fraction of sp³-hybridized carbons (Fsp3) is 0.571. The topological polar surface area (TPSA) is 118 Å².